The van der Waals surface area contributed by atoms with E-state index in [0.717, 1.165) is 12.1 Å². The van der Waals surface area contributed by atoms with Crippen LogP contribution < -0.4 is 5.32 Å². The number of nitrogens with one attached hydrogen (secondary N) is 1. The molecule has 1 aromatic rings. The van der Waals surface area contributed by atoms with Gasteiger partial charge in [0.05, 0.1) is 11.1 Å². The van der Waals surface area contributed by atoms with Gasteiger partial charge < -0.3 is 5.32 Å². The fraction of sp³-hybridized carbons (Fsp3) is 0.636. The fourth-order valence-corrected chi connectivity index (χ4v) is 1.32. The Morgan fingerprint density at radius 2 is 2.31 bits per heavy atom. The van der Waals surface area contributed by atoms with Crippen LogP contribution in [-0.2, 0) is 18.3 Å². The van der Waals surface area contributed by atoms with Gasteiger partial charge in [-0.05, 0) is 19.9 Å². The predicted octanol–water partition coefficient (Wildman–Crippen LogP) is 1.34. The first-order valence-electron chi connectivity index (χ1n) is 5.28. The Morgan fingerprint density at radius 3 is 2.81 bits per heavy atom. The first kappa shape index (κ1) is 13.0. The summed E-state index contributed by atoms with van der Waals surface area (Å²) in [7, 11) is 1.87. The standard InChI is InChI=1S/C11H18ClN3O/c1-11(2,8-12)10(16)13-6-4-9-5-7-15(3)14-9/h5,7H,4,6,8H2,1-3H3,(H,13,16). The van der Waals surface area contributed by atoms with E-state index in [1.807, 2.05) is 33.2 Å². The van der Waals surface area contributed by atoms with Crippen LogP contribution in [0.3, 0.4) is 0 Å². The van der Waals surface area contributed by atoms with E-state index >= 15 is 0 Å². The monoisotopic (exact) mass is 243 g/mol. The summed E-state index contributed by atoms with van der Waals surface area (Å²) in [5.41, 5.74) is 0.470. The van der Waals surface area contributed by atoms with Gasteiger partial charge in [0.1, 0.15) is 0 Å². The molecule has 0 bridgehead atoms. The Hall–Kier alpha value is -1.03. The summed E-state index contributed by atoms with van der Waals surface area (Å²) in [6.45, 7) is 4.25. The molecule has 16 heavy (non-hydrogen) atoms. The van der Waals surface area contributed by atoms with Crippen LogP contribution >= 0.6 is 11.6 Å². The van der Waals surface area contributed by atoms with Crippen molar-refractivity contribution in [1.82, 2.24) is 15.1 Å². The van der Waals surface area contributed by atoms with Crippen molar-refractivity contribution in [3.8, 4) is 0 Å². The molecule has 0 radical (unpaired) electrons. The number of hydrogen-bond acceptors (Lipinski definition) is 2. The minimum atomic E-state index is -0.508. The highest BCUT2D eigenvalue weighted by Crippen LogP contribution is 2.16. The molecule has 0 saturated carbocycles. The first-order chi connectivity index (χ1) is 7.45. The first-order valence-corrected chi connectivity index (χ1v) is 5.82. The maximum Gasteiger partial charge on any atom is 0.226 e. The van der Waals surface area contributed by atoms with E-state index in [1.54, 1.807) is 4.68 Å². The molecule has 5 heteroatoms. The third-order valence-electron chi connectivity index (χ3n) is 2.38. The van der Waals surface area contributed by atoms with Gasteiger partial charge in [-0.25, -0.2) is 0 Å². The molecule has 0 aliphatic rings. The summed E-state index contributed by atoms with van der Waals surface area (Å²) >= 11 is 5.71. The fourth-order valence-electron chi connectivity index (χ4n) is 1.20. The molecule has 4 nitrogen and oxygen atoms in total. The minimum absolute atomic E-state index is 0.0153. The number of alkyl halides is 1. The third kappa shape index (κ3) is 3.52. The SMILES string of the molecule is Cn1ccc(CCNC(=O)C(C)(C)CCl)n1. The van der Waals surface area contributed by atoms with Gasteiger partial charge in [0.25, 0.3) is 0 Å². The van der Waals surface area contributed by atoms with Gasteiger partial charge in [-0.1, -0.05) is 0 Å². The average Bonchev–Trinajstić information content (AvgIpc) is 2.64. The molecule has 0 aliphatic heterocycles. The number of nitrogens with zero attached hydrogens (tertiary/aromatic N) is 2. The summed E-state index contributed by atoms with van der Waals surface area (Å²) in [6, 6.07) is 1.94. The molecule has 1 rings (SSSR count). The van der Waals surface area contributed by atoms with E-state index in [0.29, 0.717) is 12.4 Å². The van der Waals surface area contributed by atoms with Gasteiger partial charge in [0, 0.05) is 32.1 Å². The van der Waals surface area contributed by atoms with Gasteiger partial charge >= 0.3 is 0 Å². The molecule has 1 amide bonds. The summed E-state index contributed by atoms with van der Waals surface area (Å²) < 4.78 is 1.75. The highest BCUT2D eigenvalue weighted by Gasteiger charge is 2.25. The number of carbonyl (C=O) groups is 1. The summed E-state index contributed by atoms with van der Waals surface area (Å²) in [5, 5.41) is 7.09. The van der Waals surface area contributed by atoms with E-state index in [9.17, 15) is 4.79 Å². The molecule has 0 aromatic carbocycles. The molecule has 1 N–H and O–H groups in total. The molecule has 0 saturated heterocycles. The number of aromatic nitrogens is 2. The van der Waals surface area contributed by atoms with Crippen molar-refractivity contribution in [3.63, 3.8) is 0 Å². The number of amides is 1. The van der Waals surface area contributed by atoms with Crippen molar-refractivity contribution in [3.05, 3.63) is 18.0 Å². The average molecular weight is 244 g/mol. The van der Waals surface area contributed by atoms with Crippen molar-refractivity contribution in [1.29, 1.82) is 0 Å². The largest absolute Gasteiger partial charge is 0.355 e. The molecule has 0 aliphatic carbocycles. The normalized spacial score (nSPS) is 11.5. The maximum atomic E-state index is 11.7. The summed E-state index contributed by atoms with van der Waals surface area (Å²) in [4.78, 5) is 11.7. The van der Waals surface area contributed by atoms with Crippen LogP contribution in [0.2, 0.25) is 0 Å². The second-order valence-corrected chi connectivity index (χ2v) is 4.77. The lowest BCUT2D eigenvalue weighted by atomic mass is 9.95. The zero-order valence-electron chi connectivity index (χ0n) is 9.96. The van der Waals surface area contributed by atoms with Crippen molar-refractivity contribution < 1.29 is 4.79 Å². The molecular formula is C11H18ClN3O. The van der Waals surface area contributed by atoms with Crippen molar-refractivity contribution in [2.24, 2.45) is 12.5 Å². The van der Waals surface area contributed by atoms with Gasteiger partial charge in [-0.3, -0.25) is 9.48 Å². The summed E-state index contributed by atoms with van der Waals surface area (Å²) in [5.74, 6) is 0.307. The van der Waals surface area contributed by atoms with E-state index < -0.39 is 5.41 Å². The predicted molar refractivity (Wildman–Crippen MR) is 64.4 cm³/mol. The third-order valence-corrected chi connectivity index (χ3v) is 3.05. The molecule has 90 valence electrons. The molecule has 1 aromatic heterocycles. The molecule has 0 atom stereocenters. The quantitative estimate of drug-likeness (QED) is 0.794. The second-order valence-electron chi connectivity index (χ2n) is 4.50. The Labute approximate surface area is 101 Å². The van der Waals surface area contributed by atoms with Crippen molar-refractivity contribution >= 4 is 17.5 Å². The van der Waals surface area contributed by atoms with Gasteiger partial charge in [0.2, 0.25) is 5.91 Å². The second kappa shape index (κ2) is 5.34. The topological polar surface area (TPSA) is 46.9 Å². The Balaban J connectivity index is 2.33. The lowest BCUT2D eigenvalue weighted by molar-refractivity contribution is -0.128. The van der Waals surface area contributed by atoms with E-state index in [2.05, 4.69) is 10.4 Å². The number of halogens is 1. The van der Waals surface area contributed by atoms with Crippen LogP contribution in [-0.4, -0.2) is 28.1 Å². The lowest BCUT2D eigenvalue weighted by Crippen LogP contribution is -2.39. The van der Waals surface area contributed by atoms with E-state index in [4.69, 9.17) is 11.6 Å². The molecule has 0 unspecified atom stereocenters. The zero-order chi connectivity index (χ0) is 12.2. The zero-order valence-corrected chi connectivity index (χ0v) is 10.7. The number of rotatable bonds is 5. The minimum Gasteiger partial charge on any atom is -0.355 e. The Kier molecular flexibility index (Phi) is 4.35. The van der Waals surface area contributed by atoms with Crippen LogP contribution in [0.25, 0.3) is 0 Å². The van der Waals surface area contributed by atoms with Crippen molar-refractivity contribution in [2.45, 2.75) is 20.3 Å². The van der Waals surface area contributed by atoms with Crippen LogP contribution in [0, 0.1) is 5.41 Å². The molecular weight excluding hydrogens is 226 g/mol. The number of hydrogen-bond donors (Lipinski definition) is 1. The van der Waals surface area contributed by atoms with Crippen LogP contribution in [0.5, 0.6) is 0 Å². The summed E-state index contributed by atoms with van der Waals surface area (Å²) in [6.07, 6.45) is 2.63. The molecule has 0 spiro atoms. The van der Waals surface area contributed by atoms with Crippen LogP contribution in [0.4, 0.5) is 0 Å². The van der Waals surface area contributed by atoms with Gasteiger partial charge in [-0.15, -0.1) is 11.6 Å². The molecule has 1 heterocycles. The Bertz CT molecular complexity index is 360. The van der Waals surface area contributed by atoms with Crippen LogP contribution in [0.1, 0.15) is 19.5 Å². The van der Waals surface area contributed by atoms with Gasteiger partial charge in [0.15, 0.2) is 0 Å². The smallest absolute Gasteiger partial charge is 0.226 e. The van der Waals surface area contributed by atoms with E-state index in [1.165, 1.54) is 0 Å². The number of carbonyl (C=O) groups excluding carboxylic acids is 1. The number of aryl methyl sites for hydroxylation is 1. The maximum absolute atomic E-state index is 11.7. The van der Waals surface area contributed by atoms with Crippen molar-refractivity contribution in [2.75, 3.05) is 12.4 Å². The highest BCUT2D eigenvalue weighted by atomic mass is 35.5. The van der Waals surface area contributed by atoms with Crippen LogP contribution in [0.15, 0.2) is 12.3 Å². The highest BCUT2D eigenvalue weighted by molar-refractivity contribution is 6.19. The van der Waals surface area contributed by atoms with Gasteiger partial charge in [-0.2, -0.15) is 5.10 Å². The lowest BCUT2D eigenvalue weighted by Gasteiger charge is -2.20. The van der Waals surface area contributed by atoms with E-state index in [-0.39, 0.29) is 5.91 Å². The molecule has 0 fully saturated rings. The Morgan fingerprint density at radius 1 is 1.62 bits per heavy atom.